The number of carboxylic acid groups (broad SMARTS) is 1. The summed E-state index contributed by atoms with van der Waals surface area (Å²) in [6, 6.07) is 0. The minimum absolute atomic E-state index is 0.293. The van der Waals surface area contributed by atoms with Gasteiger partial charge in [-0.2, -0.15) is 11.8 Å². The molecule has 0 heterocycles. The van der Waals surface area contributed by atoms with Crippen molar-refractivity contribution in [1.82, 2.24) is 0 Å². The molecule has 0 saturated heterocycles. The van der Waals surface area contributed by atoms with E-state index >= 15 is 0 Å². The fourth-order valence-electron chi connectivity index (χ4n) is 1.71. The molecule has 0 aromatic rings. The van der Waals surface area contributed by atoms with Crippen molar-refractivity contribution in [1.29, 1.82) is 0 Å². The third-order valence-electron chi connectivity index (χ3n) is 2.66. The maximum atomic E-state index is 10.3. The second kappa shape index (κ2) is 13.8. The first kappa shape index (κ1) is 16.8. The first-order valence-electron chi connectivity index (χ1n) is 6.67. The maximum Gasteiger partial charge on any atom is 0.303 e. The van der Waals surface area contributed by atoms with Gasteiger partial charge in [-0.25, -0.2) is 0 Å². The van der Waals surface area contributed by atoms with Crippen LogP contribution in [0.1, 0.15) is 57.8 Å². The number of thioether (sulfide) groups is 1. The predicted octanol–water partition coefficient (Wildman–Crippen LogP) is 3.31. The SMILES string of the molecule is O=C(O)CCCCCCCCCCSCCO. The van der Waals surface area contributed by atoms with Crippen LogP contribution < -0.4 is 0 Å². The van der Waals surface area contributed by atoms with Crippen molar-refractivity contribution in [2.24, 2.45) is 0 Å². The molecule has 0 atom stereocenters. The summed E-state index contributed by atoms with van der Waals surface area (Å²) in [5, 5.41) is 17.0. The Kier molecular flexibility index (Phi) is 13.7. The van der Waals surface area contributed by atoms with Crippen LogP contribution in [-0.2, 0) is 4.79 Å². The normalized spacial score (nSPS) is 10.6. The Labute approximate surface area is 109 Å². The number of aliphatic carboxylic acids is 1. The average Bonchev–Trinajstić information content (AvgIpc) is 2.30. The smallest absolute Gasteiger partial charge is 0.303 e. The molecule has 0 aromatic carbocycles. The monoisotopic (exact) mass is 262 g/mol. The van der Waals surface area contributed by atoms with E-state index in [1.54, 1.807) is 0 Å². The molecule has 0 bridgehead atoms. The number of unbranched alkanes of at least 4 members (excludes halogenated alkanes) is 7. The molecule has 0 saturated carbocycles. The Morgan fingerprint density at radius 3 is 1.88 bits per heavy atom. The average molecular weight is 262 g/mol. The molecule has 0 amide bonds. The molecule has 0 aliphatic heterocycles. The van der Waals surface area contributed by atoms with Crippen LogP contribution in [0, 0.1) is 0 Å². The Hall–Kier alpha value is -0.220. The molecule has 0 rings (SSSR count). The van der Waals surface area contributed by atoms with E-state index in [0.29, 0.717) is 13.0 Å². The van der Waals surface area contributed by atoms with Gasteiger partial charge in [-0.1, -0.05) is 38.5 Å². The van der Waals surface area contributed by atoms with Crippen LogP contribution in [0.5, 0.6) is 0 Å². The maximum absolute atomic E-state index is 10.3. The summed E-state index contributed by atoms with van der Waals surface area (Å²) in [6.07, 6.45) is 9.72. The van der Waals surface area contributed by atoms with Gasteiger partial charge in [0.2, 0.25) is 0 Å². The molecular formula is C13H26O3S. The van der Waals surface area contributed by atoms with Gasteiger partial charge in [-0.05, 0) is 18.6 Å². The summed E-state index contributed by atoms with van der Waals surface area (Å²) >= 11 is 1.83. The quantitative estimate of drug-likeness (QED) is 0.500. The Balaban J connectivity index is 2.91. The van der Waals surface area contributed by atoms with Gasteiger partial charge in [0, 0.05) is 12.2 Å². The molecule has 0 aliphatic carbocycles. The van der Waals surface area contributed by atoms with Crippen molar-refractivity contribution in [2.75, 3.05) is 18.1 Å². The molecule has 0 aliphatic rings. The third kappa shape index (κ3) is 15.8. The van der Waals surface area contributed by atoms with Gasteiger partial charge in [0.05, 0.1) is 6.61 Å². The molecule has 4 heteroatoms. The predicted molar refractivity (Wildman–Crippen MR) is 73.6 cm³/mol. The minimum Gasteiger partial charge on any atom is -0.481 e. The first-order chi connectivity index (χ1) is 8.27. The molecular weight excluding hydrogens is 236 g/mol. The summed E-state index contributed by atoms with van der Waals surface area (Å²) in [5.41, 5.74) is 0. The second-order valence-corrected chi connectivity index (χ2v) is 5.53. The van der Waals surface area contributed by atoms with Gasteiger partial charge >= 0.3 is 5.97 Å². The van der Waals surface area contributed by atoms with Crippen molar-refractivity contribution in [2.45, 2.75) is 57.8 Å². The zero-order valence-corrected chi connectivity index (χ0v) is 11.5. The molecule has 2 N–H and O–H groups in total. The van der Waals surface area contributed by atoms with Crippen LogP contribution in [0.25, 0.3) is 0 Å². The molecule has 0 spiro atoms. The lowest BCUT2D eigenvalue weighted by Gasteiger charge is -2.02. The van der Waals surface area contributed by atoms with Gasteiger partial charge < -0.3 is 10.2 Å². The highest BCUT2D eigenvalue weighted by Crippen LogP contribution is 2.11. The summed E-state index contributed by atoms with van der Waals surface area (Å²) in [4.78, 5) is 10.3. The van der Waals surface area contributed by atoms with E-state index < -0.39 is 5.97 Å². The summed E-state index contributed by atoms with van der Waals surface area (Å²) in [5.74, 6) is 1.35. The van der Waals surface area contributed by atoms with Gasteiger partial charge in [0.25, 0.3) is 0 Å². The number of carboxylic acids is 1. The lowest BCUT2D eigenvalue weighted by molar-refractivity contribution is -0.137. The van der Waals surface area contributed by atoms with Gasteiger partial charge in [-0.3, -0.25) is 4.79 Å². The van der Waals surface area contributed by atoms with Crippen molar-refractivity contribution in [3.63, 3.8) is 0 Å². The highest BCUT2D eigenvalue weighted by molar-refractivity contribution is 7.99. The third-order valence-corrected chi connectivity index (χ3v) is 3.71. The van der Waals surface area contributed by atoms with Gasteiger partial charge in [0.1, 0.15) is 0 Å². The first-order valence-corrected chi connectivity index (χ1v) is 7.83. The van der Waals surface area contributed by atoms with Gasteiger partial charge in [-0.15, -0.1) is 0 Å². The van der Waals surface area contributed by atoms with E-state index in [2.05, 4.69) is 0 Å². The number of hydrogen-bond donors (Lipinski definition) is 2. The largest absolute Gasteiger partial charge is 0.481 e. The number of hydrogen-bond acceptors (Lipinski definition) is 3. The van der Waals surface area contributed by atoms with Crippen LogP contribution in [0.3, 0.4) is 0 Å². The van der Waals surface area contributed by atoms with Crippen molar-refractivity contribution < 1.29 is 15.0 Å². The van der Waals surface area contributed by atoms with E-state index in [9.17, 15) is 4.79 Å². The summed E-state index contributed by atoms with van der Waals surface area (Å²) in [6.45, 7) is 0.293. The highest BCUT2D eigenvalue weighted by Gasteiger charge is 1.96. The van der Waals surface area contributed by atoms with Crippen molar-refractivity contribution >= 4 is 17.7 Å². The molecule has 0 aromatic heterocycles. The number of carbonyl (C=O) groups is 1. The fraction of sp³-hybridized carbons (Fsp3) is 0.923. The molecule has 17 heavy (non-hydrogen) atoms. The van der Waals surface area contributed by atoms with Gasteiger partial charge in [0.15, 0.2) is 0 Å². The van der Waals surface area contributed by atoms with Crippen LogP contribution in [0.15, 0.2) is 0 Å². The van der Waals surface area contributed by atoms with Crippen LogP contribution in [0.2, 0.25) is 0 Å². The standard InChI is InChI=1S/C13H26O3S/c14-10-12-17-11-8-6-4-2-1-3-5-7-9-13(15)16/h14H,1-12H2,(H,15,16). The van der Waals surface area contributed by atoms with Crippen LogP contribution in [-0.4, -0.2) is 34.3 Å². The number of aliphatic hydroxyl groups is 1. The molecule has 3 nitrogen and oxygen atoms in total. The lowest BCUT2D eigenvalue weighted by Crippen LogP contribution is -1.93. The van der Waals surface area contributed by atoms with E-state index in [-0.39, 0.29) is 0 Å². The van der Waals surface area contributed by atoms with E-state index in [1.165, 1.54) is 44.3 Å². The molecule has 102 valence electrons. The van der Waals surface area contributed by atoms with E-state index in [4.69, 9.17) is 10.2 Å². The Morgan fingerprint density at radius 2 is 1.35 bits per heavy atom. The Bertz CT molecular complexity index is 174. The summed E-state index contributed by atoms with van der Waals surface area (Å²) in [7, 11) is 0. The van der Waals surface area contributed by atoms with Crippen molar-refractivity contribution in [3.05, 3.63) is 0 Å². The minimum atomic E-state index is -0.676. The van der Waals surface area contributed by atoms with E-state index in [0.717, 1.165) is 18.6 Å². The molecule has 0 radical (unpaired) electrons. The zero-order valence-electron chi connectivity index (χ0n) is 10.7. The molecule has 0 fully saturated rings. The topological polar surface area (TPSA) is 57.5 Å². The number of rotatable bonds is 13. The molecule has 0 unspecified atom stereocenters. The second-order valence-electron chi connectivity index (χ2n) is 4.31. The lowest BCUT2D eigenvalue weighted by atomic mass is 10.1. The van der Waals surface area contributed by atoms with Crippen molar-refractivity contribution in [3.8, 4) is 0 Å². The fourth-order valence-corrected chi connectivity index (χ4v) is 2.45. The summed E-state index contributed by atoms with van der Waals surface area (Å²) < 4.78 is 0. The van der Waals surface area contributed by atoms with Crippen LogP contribution >= 0.6 is 11.8 Å². The Morgan fingerprint density at radius 1 is 0.824 bits per heavy atom. The zero-order chi connectivity index (χ0) is 12.8. The van der Waals surface area contributed by atoms with Crippen LogP contribution in [0.4, 0.5) is 0 Å². The van der Waals surface area contributed by atoms with E-state index in [1.807, 2.05) is 11.8 Å². The highest BCUT2D eigenvalue weighted by atomic mass is 32.2. The number of aliphatic hydroxyl groups excluding tert-OH is 1.